The molecular formula is C14H23N3. The zero-order valence-corrected chi connectivity index (χ0v) is 11.4. The van der Waals surface area contributed by atoms with Gasteiger partial charge in [0.2, 0.25) is 0 Å². The van der Waals surface area contributed by atoms with Gasteiger partial charge in [0, 0.05) is 18.0 Å². The third-order valence-corrected chi connectivity index (χ3v) is 3.50. The van der Waals surface area contributed by atoms with Gasteiger partial charge in [-0.15, -0.1) is 0 Å². The Hall–Kier alpha value is -1.12. The van der Waals surface area contributed by atoms with Crippen LogP contribution in [0.5, 0.6) is 0 Å². The summed E-state index contributed by atoms with van der Waals surface area (Å²) in [6, 6.07) is 0.596. The molecule has 0 amide bonds. The third kappa shape index (κ3) is 2.76. The Kier molecular flexibility index (Phi) is 3.36. The largest absolute Gasteiger partial charge is 0.353 e. The first-order valence-electron chi connectivity index (χ1n) is 6.57. The van der Waals surface area contributed by atoms with Crippen molar-refractivity contribution in [1.29, 1.82) is 0 Å². The number of rotatable bonds is 1. The number of hydrogen-bond acceptors (Lipinski definition) is 3. The molecule has 1 unspecified atom stereocenters. The van der Waals surface area contributed by atoms with Gasteiger partial charge >= 0.3 is 0 Å². The van der Waals surface area contributed by atoms with Gasteiger partial charge in [0.15, 0.2) is 0 Å². The quantitative estimate of drug-likeness (QED) is 0.746. The zero-order chi connectivity index (χ0) is 12.5. The average molecular weight is 233 g/mol. The highest BCUT2D eigenvalue weighted by molar-refractivity contribution is 5.38. The van der Waals surface area contributed by atoms with Crippen LogP contribution in [0.4, 0.5) is 5.82 Å². The van der Waals surface area contributed by atoms with Gasteiger partial charge in [-0.2, -0.15) is 0 Å². The van der Waals surface area contributed by atoms with Gasteiger partial charge in [-0.05, 0) is 26.2 Å². The van der Waals surface area contributed by atoms with Gasteiger partial charge < -0.3 is 4.90 Å². The molecule has 17 heavy (non-hydrogen) atoms. The van der Waals surface area contributed by atoms with E-state index in [4.69, 9.17) is 0 Å². The maximum absolute atomic E-state index is 4.58. The van der Waals surface area contributed by atoms with Gasteiger partial charge in [0.25, 0.3) is 0 Å². The van der Waals surface area contributed by atoms with E-state index < -0.39 is 0 Å². The third-order valence-electron chi connectivity index (χ3n) is 3.50. The number of piperidine rings is 1. The summed E-state index contributed by atoms with van der Waals surface area (Å²) >= 11 is 0. The Morgan fingerprint density at radius 3 is 2.47 bits per heavy atom. The van der Waals surface area contributed by atoms with E-state index in [1.807, 2.05) is 12.4 Å². The average Bonchev–Trinajstić information content (AvgIpc) is 2.29. The molecule has 1 aromatic heterocycles. The Morgan fingerprint density at radius 1 is 1.18 bits per heavy atom. The molecule has 0 spiro atoms. The molecule has 3 heteroatoms. The highest BCUT2D eigenvalue weighted by Gasteiger charge is 2.21. The minimum atomic E-state index is 0.0824. The predicted molar refractivity (Wildman–Crippen MR) is 71.4 cm³/mol. The van der Waals surface area contributed by atoms with Crippen molar-refractivity contribution in [2.24, 2.45) is 0 Å². The lowest BCUT2D eigenvalue weighted by atomic mass is 9.93. The van der Waals surface area contributed by atoms with Crippen molar-refractivity contribution in [1.82, 2.24) is 9.97 Å². The fraction of sp³-hybridized carbons (Fsp3) is 0.714. The van der Waals surface area contributed by atoms with Crippen LogP contribution in [0.3, 0.4) is 0 Å². The molecule has 1 aliphatic heterocycles. The topological polar surface area (TPSA) is 29.0 Å². The maximum Gasteiger partial charge on any atom is 0.147 e. The van der Waals surface area contributed by atoms with E-state index in [9.17, 15) is 0 Å². The van der Waals surface area contributed by atoms with Gasteiger partial charge in [0.05, 0.1) is 18.1 Å². The smallest absolute Gasteiger partial charge is 0.147 e. The predicted octanol–water partition coefficient (Wildman–Crippen LogP) is 3.15. The van der Waals surface area contributed by atoms with Gasteiger partial charge in [0.1, 0.15) is 5.82 Å². The van der Waals surface area contributed by atoms with Crippen LogP contribution in [0.1, 0.15) is 52.7 Å². The summed E-state index contributed by atoms with van der Waals surface area (Å²) in [6.07, 6.45) is 7.74. The molecule has 0 radical (unpaired) electrons. The fourth-order valence-electron chi connectivity index (χ4n) is 2.30. The van der Waals surface area contributed by atoms with Crippen LogP contribution in [0.25, 0.3) is 0 Å². The van der Waals surface area contributed by atoms with Crippen LogP contribution in [-0.4, -0.2) is 22.6 Å². The van der Waals surface area contributed by atoms with Crippen molar-refractivity contribution in [2.45, 2.75) is 58.4 Å². The Bertz CT molecular complexity index is 364. The van der Waals surface area contributed by atoms with Crippen LogP contribution in [0.2, 0.25) is 0 Å². The van der Waals surface area contributed by atoms with Crippen molar-refractivity contribution in [3.8, 4) is 0 Å². The first kappa shape index (κ1) is 12.3. The van der Waals surface area contributed by atoms with E-state index in [2.05, 4.69) is 42.6 Å². The number of hydrogen-bond donors (Lipinski definition) is 0. The SMILES string of the molecule is CC1CCCCN1c1cnc(C(C)(C)C)cn1. The molecule has 1 aromatic rings. The molecule has 0 N–H and O–H groups in total. The second-order valence-corrected chi connectivity index (χ2v) is 6.05. The maximum atomic E-state index is 4.58. The van der Waals surface area contributed by atoms with Crippen LogP contribution in [-0.2, 0) is 5.41 Å². The molecule has 3 nitrogen and oxygen atoms in total. The normalized spacial score (nSPS) is 21.6. The monoisotopic (exact) mass is 233 g/mol. The summed E-state index contributed by atoms with van der Waals surface area (Å²) in [5.41, 5.74) is 1.14. The molecule has 1 saturated heterocycles. The molecule has 1 aliphatic rings. The lowest BCUT2D eigenvalue weighted by Crippen LogP contribution is -2.38. The van der Waals surface area contributed by atoms with E-state index in [1.54, 1.807) is 0 Å². The second-order valence-electron chi connectivity index (χ2n) is 6.05. The first-order chi connectivity index (χ1) is 7.98. The standard InChI is InChI=1S/C14H23N3/c1-11-7-5-6-8-17(11)13-10-15-12(9-16-13)14(2,3)4/h9-11H,5-8H2,1-4H3. The lowest BCUT2D eigenvalue weighted by Gasteiger charge is -2.34. The van der Waals surface area contributed by atoms with Gasteiger partial charge in [-0.1, -0.05) is 20.8 Å². The van der Waals surface area contributed by atoms with Crippen LogP contribution in [0, 0.1) is 0 Å². The van der Waals surface area contributed by atoms with Crippen molar-refractivity contribution in [2.75, 3.05) is 11.4 Å². The molecule has 1 fully saturated rings. The number of aromatic nitrogens is 2. The van der Waals surface area contributed by atoms with Crippen molar-refractivity contribution >= 4 is 5.82 Å². The van der Waals surface area contributed by atoms with Crippen LogP contribution < -0.4 is 4.90 Å². The first-order valence-corrected chi connectivity index (χ1v) is 6.57. The van der Waals surface area contributed by atoms with Gasteiger partial charge in [-0.3, -0.25) is 4.98 Å². The van der Waals surface area contributed by atoms with Crippen LogP contribution >= 0.6 is 0 Å². The van der Waals surface area contributed by atoms with E-state index >= 15 is 0 Å². The molecule has 94 valence electrons. The summed E-state index contributed by atoms with van der Waals surface area (Å²) in [6.45, 7) is 9.89. The fourth-order valence-corrected chi connectivity index (χ4v) is 2.30. The summed E-state index contributed by atoms with van der Waals surface area (Å²) in [5, 5.41) is 0. The number of anilines is 1. The lowest BCUT2D eigenvalue weighted by molar-refractivity contribution is 0.479. The number of nitrogens with zero attached hydrogens (tertiary/aromatic N) is 3. The molecule has 1 atom stereocenters. The molecule has 0 saturated carbocycles. The highest BCUT2D eigenvalue weighted by atomic mass is 15.2. The zero-order valence-electron chi connectivity index (χ0n) is 11.4. The second kappa shape index (κ2) is 4.63. The van der Waals surface area contributed by atoms with E-state index in [0.29, 0.717) is 6.04 Å². The van der Waals surface area contributed by atoms with E-state index in [-0.39, 0.29) is 5.41 Å². The molecule has 0 bridgehead atoms. The van der Waals surface area contributed by atoms with Crippen molar-refractivity contribution in [3.63, 3.8) is 0 Å². The highest BCUT2D eigenvalue weighted by Crippen LogP contribution is 2.24. The molecule has 0 aromatic carbocycles. The van der Waals surface area contributed by atoms with Gasteiger partial charge in [-0.25, -0.2) is 4.98 Å². The minimum absolute atomic E-state index is 0.0824. The molecule has 2 heterocycles. The van der Waals surface area contributed by atoms with E-state index in [1.165, 1.54) is 19.3 Å². The summed E-state index contributed by atoms with van der Waals surface area (Å²) < 4.78 is 0. The Morgan fingerprint density at radius 2 is 1.94 bits per heavy atom. The minimum Gasteiger partial charge on any atom is -0.353 e. The van der Waals surface area contributed by atoms with Crippen molar-refractivity contribution in [3.05, 3.63) is 18.1 Å². The Balaban J connectivity index is 2.17. The van der Waals surface area contributed by atoms with E-state index in [0.717, 1.165) is 18.1 Å². The summed E-state index contributed by atoms with van der Waals surface area (Å²) in [4.78, 5) is 11.5. The molecular weight excluding hydrogens is 210 g/mol. The molecule has 2 rings (SSSR count). The van der Waals surface area contributed by atoms with Crippen LogP contribution in [0.15, 0.2) is 12.4 Å². The summed E-state index contributed by atoms with van der Waals surface area (Å²) in [5.74, 6) is 1.03. The molecule has 0 aliphatic carbocycles. The summed E-state index contributed by atoms with van der Waals surface area (Å²) in [7, 11) is 0. The Labute approximate surface area is 104 Å². The van der Waals surface area contributed by atoms with Crippen molar-refractivity contribution < 1.29 is 0 Å².